The van der Waals surface area contributed by atoms with Crippen LogP contribution in [-0.2, 0) is 6.54 Å². The highest BCUT2D eigenvalue weighted by Crippen LogP contribution is 2.11. The molecular formula is C11H17NO2S. The maximum atomic E-state index is 10.4. The molecule has 0 spiro atoms. The van der Waals surface area contributed by atoms with E-state index >= 15 is 0 Å². The van der Waals surface area contributed by atoms with Gasteiger partial charge in [0.25, 0.3) is 0 Å². The second-order valence-electron chi connectivity index (χ2n) is 3.64. The zero-order valence-corrected chi connectivity index (χ0v) is 10.2. The summed E-state index contributed by atoms with van der Waals surface area (Å²) < 4.78 is 5.32. The summed E-state index contributed by atoms with van der Waals surface area (Å²) in [5.74, 6) is 2.33. The molecule has 0 aliphatic heterocycles. The van der Waals surface area contributed by atoms with E-state index in [1.165, 1.54) is 0 Å². The van der Waals surface area contributed by atoms with Gasteiger partial charge in [0.15, 0.2) is 12.0 Å². The van der Waals surface area contributed by atoms with Crippen LogP contribution in [0.5, 0.6) is 0 Å². The molecule has 0 N–H and O–H groups in total. The number of hydrogen-bond donors (Lipinski definition) is 0. The average molecular weight is 227 g/mol. The van der Waals surface area contributed by atoms with Crippen molar-refractivity contribution >= 4 is 18.0 Å². The monoisotopic (exact) mass is 227 g/mol. The molecular weight excluding hydrogens is 210 g/mol. The van der Waals surface area contributed by atoms with Crippen LogP contribution >= 0.6 is 11.8 Å². The Balaban J connectivity index is 2.49. The molecule has 0 radical (unpaired) electrons. The number of hydrogen-bond acceptors (Lipinski definition) is 4. The summed E-state index contributed by atoms with van der Waals surface area (Å²) in [7, 11) is 2.06. The van der Waals surface area contributed by atoms with E-state index in [2.05, 4.69) is 25.1 Å². The molecule has 0 aliphatic carbocycles. The Labute approximate surface area is 94.8 Å². The fraction of sp³-hybridized carbons (Fsp3) is 0.545. The molecule has 1 aromatic rings. The maximum absolute atomic E-state index is 10.4. The van der Waals surface area contributed by atoms with Gasteiger partial charge in [0.2, 0.25) is 0 Å². The van der Waals surface area contributed by atoms with Crippen molar-refractivity contribution < 1.29 is 9.21 Å². The number of nitrogens with zero attached hydrogens (tertiary/aromatic N) is 1. The van der Waals surface area contributed by atoms with Crippen LogP contribution in [-0.4, -0.2) is 36.3 Å². The molecule has 0 saturated carbocycles. The van der Waals surface area contributed by atoms with Crippen LogP contribution in [0.4, 0.5) is 0 Å². The number of carbonyl (C=O) groups is 1. The van der Waals surface area contributed by atoms with Crippen LogP contribution in [0.15, 0.2) is 16.5 Å². The molecule has 84 valence electrons. The summed E-state index contributed by atoms with van der Waals surface area (Å²) in [5, 5.41) is 0. The van der Waals surface area contributed by atoms with Crippen LogP contribution < -0.4 is 0 Å². The van der Waals surface area contributed by atoms with Gasteiger partial charge in [-0.05, 0) is 32.4 Å². The average Bonchev–Trinajstić information content (AvgIpc) is 2.66. The molecule has 0 amide bonds. The molecule has 0 saturated heterocycles. The summed E-state index contributed by atoms with van der Waals surface area (Å²) in [6.07, 6.45) is 2.83. The van der Waals surface area contributed by atoms with E-state index in [0.717, 1.165) is 24.3 Å². The molecule has 4 heteroatoms. The fourth-order valence-corrected chi connectivity index (χ4v) is 2.05. The van der Waals surface area contributed by atoms with E-state index in [0.29, 0.717) is 11.8 Å². The SMILES string of the molecule is CSCC(C)N(C)Cc1ccc(C=O)o1. The van der Waals surface area contributed by atoms with Gasteiger partial charge in [-0.15, -0.1) is 0 Å². The Kier molecular flexibility index (Phi) is 4.91. The smallest absolute Gasteiger partial charge is 0.185 e. The molecule has 0 aliphatic rings. The van der Waals surface area contributed by atoms with Crippen molar-refractivity contribution in [3.05, 3.63) is 23.7 Å². The first-order valence-electron chi connectivity index (χ1n) is 4.90. The van der Waals surface area contributed by atoms with Crippen LogP contribution in [0.1, 0.15) is 23.2 Å². The van der Waals surface area contributed by atoms with E-state index in [9.17, 15) is 4.79 Å². The maximum Gasteiger partial charge on any atom is 0.185 e. The van der Waals surface area contributed by atoms with Gasteiger partial charge in [0.1, 0.15) is 5.76 Å². The van der Waals surface area contributed by atoms with Gasteiger partial charge in [0.05, 0.1) is 6.54 Å². The Bertz CT molecular complexity index is 311. The predicted octanol–water partition coefficient (Wildman–Crippen LogP) is 2.28. The minimum atomic E-state index is 0.399. The Morgan fingerprint density at radius 3 is 2.87 bits per heavy atom. The summed E-state index contributed by atoms with van der Waals surface area (Å²) in [6, 6.07) is 4.06. The van der Waals surface area contributed by atoms with Crippen molar-refractivity contribution in [3.63, 3.8) is 0 Å². The molecule has 1 aromatic heterocycles. The van der Waals surface area contributed by atoms with Crippen molar-refractivity contribution in [2.24, 2.45) is 0 Å². The Morgan fingerprint density at radius 1 is 1.60 bits per heavy atom. The summed E-state index contributed by atoms with van der Waals surface area (Å²) in [4.78, 5) is 12.6. The van der Waals surface area contributed by atoms with Crippen molar-refractivity contribution in [1.82, 2.24) is 4.90 Å². The first-order valence-corrected chi connectivity index (χ1v) is 6.29. The molecule has 1 heterocycles. The molecule has 3 nitrogen and oxygen atoms in total. The van der Waals surface area contributed by atoms with Gasteiger partial charge in [-0.25, -0.2) is 0 Å². The first-order chi connectivity index (χ1) is 7.17. The number of aldehydes is 1. The molecule has 0 aromatic carbocycles. The predicted molar refractivity (Wildman–Crippen MR) is 63.4 cm³/mol. The first kappa shape index (κ1) is 12.3. The van der Waals surface area contributed by atoms with E-state index in [-0.39, 0.29) is 0 Å². The number of thioether (sulfide) groups is 1. The molecule has 1 rings (SSSR count). The highest BCUT2D eigenvalue weighted by molar-refractivity contribution is 7.98. The highest BCUT2D eigenvalue weighted by atomic mass is 32.2. The lowest BCUT2D eigenvalue weighted by molar-refractivity contribution is 0.109. The minimum absolute atomic E-state index is 0.399. The lowest BCUT2D eigenvalue weighted by atomic mass is 10.3. The molecule has 0 bridgehead atoms. The zero-order chi connectivity index (χ0) is 11.3. The van der Waals surface area contributed by atoms with Crippen molar-refractivity contribution in [2.45, 2.75) is 19.5 Å². The van der Waals surface area contributed by atoms with E-state index in [1.54, 1.807) is 6.07 Å². The Morgan fingerprint density at radius 2 is 2.33 bits per heavy atom. The second kappa shape index (κ2) is 5.98. The van der Waals surface area contributed by atoms with Crippen molar-refractivity contribution in [1.29, 1.82) is 0 Å². The van der Waals surface area contributed by atoms with E-state index in [4.69, 9.17) is 4.42 Å². The van der Waals surface area contributed by atoms with Gasteiger partial charge in [-0.3, -0.25) is 9.69 Å². The minimum Gasteiger partial charge on any atom is -0.457 e. The number of carbonyl (C=O) groups excluding carboxylic acids is 1. The highest BCUT2D eigenvalue weighted by Gasteiger charge is 2.10. The third-order valence-corrected chi connectivity index (χ3v) is 3.18. The van der Waals surface area contributed by atoms with E-state index in [1.807, 2.05) is 17.8 Å². The second-order valence-corrected chi connectivity index (χ2v) is 4.55. The van der Waals surface area contributed by atoms with Gasteiger partial charge < -0.3 is 4.42 Å². The van der Waals surface area contributed by atoms with Crippen LogP contribution in [0.25, 0.3) is 0 Å². The molecule has 1 atom stereocenters. The number of rotatable bonds is 6. The zero-order valence-electron chi connectivity index (χ0n) is 9.40. The summed E-state index contributed by atoms with van der Waals surface area (Å²) >= 11 is 1.83. The van der Waals surface area contributed by atoms with Gasteiger partial charge in [-0.2, -0.15) is 11.8 Å². The molecule has 1 unspecified atom stereocenters. The van der Waals surface area contributed by atoms with E-state index < -0.39 is 0 Å². The third kappa shape index (κ3) is 3.72. The molecule has 15 heavy (non-hydrogen) atoms. The Hall–Kier alpha value is -0.740. The lowest BCUT2D eigenvalue weighted by Gasteiger charge is -2.22. The normalized spacial score (nSPS) is 13.1. The number of furan rings is 1. The standard InChI is InChI=1S/C11H17NO2S/c1-9(8-15-3)12(2)6-10-4-5-11(7-13)14-10/h4-5,7,9H,6,8H2,1-3H3. The lowest BCUT2D eigenvalue weighted by Crippen LogP contribution is -2.30. The van der Waals surface area contributed by atoms with Crippen molar-refractivity contribution in [2.75, 3.05) is 19.1 Å². The van der Waals surface area contributed by atoms with Gasteiger partial charge in [-0.1, -0.05) is 0 Å². The van der Waals surface area contributed by atoms with Crippen LogP contribution in [0.2, 0.25) is 0 Å². The van der Waals surface area contributed by atoms with Gasteiger partial charge in [0, 0.05) is 11.8 Å². The third-order valence-electron chi connectivity index (χ3n) is 2.36. The fourth-order valence-electron chi connectivity index (χ4n) is 1.31. The van der Waals surface area contributed by atoms with Gasteiger partial charge >= 0.3 is 0 Å². The quantitative estimate of drug-likeness (QED) is 0.698. The van der Waals surface area contributed by atoms with Crippen LogP contribution in [0, 0.1) is 0 Å². The largest absolute Gasteiger partial charge is 0.457 e. The summed E-state index contributed by atoms with van der Waals surface area (Å²) in [5.41, 5.74) is 0. The van der Waals surface area contributed by atoms with Crippen LogP contribution in [0.3, 0.4) is 0 Å². The summed E-state index contributed by atoms with van der Waals surface area (Å²) in [6.45, 7) is 2.93. The van der Waals surface area contributed by atoms with Crippen molar-refractivity contribution in [3.8, 4) is 0 Å². The molecule has 0 fully saturated rings. The topological polar surface area (TPSA) is 33.5 Å².